The van der Waals surface area contributed by atoms with E-state index < -0.39 is 5.82 Å². The van der Waals surface area contributed by atoms with Crippen molar-refractivity contribution in [2.24, 2.45) is 0 Å². The predicted molar refractivity (Wildman–Crippen MR) is 97.5 cm³/mol. The average Bonchev–Trinajstić information content (AvgIpc) is 2.69. The van der Waals surface area contributed by atoms with Crippen molar-refractivity contribution in [1.29, 1.82) is 0 Å². The minimum absolute atomic E-state index is 0.460. The summed E-state index contributed by atoms with van der Waals surface area (Å²) in [6, 6.07) is 16.6. The Morgan fingerprint density at radius 2 is 1.35 bits per heavy atom. The fraction of sp³-hybridized carbons (Fsp3) is 0.0476. The summed E-state index contributed by atoms with van der Waals surface area (Å²) in [7, 11) is 0. The molecule has 0 spiro atoms. The predicted octanol–water partition coefficient (Wildman–Crippen LogP) is 4.52. The molecule has 125 valence electrons. The van der Waals surface area contributed by atoms with Crippen LogP contribution in [0.25, 0.3) is 33.9 Å². The van der Waals surface area contributed by atoms with Gasteiger partial charge in [0.1, 0.15) is 0 Å². The zero-order valence-electron chi connectivity index (χ0n) is 14.0. The van der Waals surface area contributed by atoms with Gasteiger partial charge in [-0.15, -0.1) is 0 Å². The second kappa shape index (κ2) is 6.80. The molecule has 4 aromatic rings. The summed E-state index contributed by atoms with van der Waals surface area (Å²) in [6.45, 7) is 1.96. The molecule has 2 aromatic heterocycles. The highest BCUT2D eigenvalue weighted by atomic mass is 19.1. The number of hydrogen-bond donors (Lipinski definition) is 0. The van der Waals surface area contributed by atoms with Crippen LogP contribution in [0.3, 0.4) is 0 Å². The molecule has 0 bridgehead atoms. The van der Waals surface area contributed by atoms with E-state index >= 15 is 0 Å². The lowest BCUT2D eigenvalue weighted by Crippen LogP contribution is -1.93. The molecule has 2 heterocycles. The fourth-order valence-electron chi connectivity index (χ4n) is 2.66. The Morgan fingerprint density at radius 1 is 0.731 bits per heavy atom. The zero-order chi connectivity index (χ0) is 17.9. The molecule has 0 N–H and O–H groups in total. The third-order valence-electron chi connectivity index (χ3n) is 3.96. The standard InChI is InChI=1S/C21H14FN4/c1-14-10-23-20(24-11-14)16-8-6-15(7-9-16)18-4-2-3-5-19(18)21-25-12-17(22)13-26-21/h2,4-13H,1H3. The maximum absolute atomic E-state index is 13.1. The monoisotopic (exact) mass is 341 g/mol. The van der Waals surface area contributed by atoms with Crippen molar-refractivity contribution in [2.75, 3.05) is 0 Å². The lowest BCUT2D eigenvalue weighted by atomic mass is 9.98. The Labute approximate surface area is 150 Å². The van der Waals surface area contributed by atoms with E-state index in [2.05, 4.69) is 26.0 Å². The molecule has 2 aromatic carbocycles. The van der Waals surface area contributed by atoms with Crippen LogP contribution in [0, 0.1) is 18.8 Å². The zero-order valence-corrected chi connectivity index (χ0v) is 14.0. The minimum atomic E-state index is -0.460. The molecule has 0 unspecified atom stereocenters. The molecule has 4 rings (SSSR count). The number of aryl methyl sites for hydroxylation is 1. The van der Waals surface area contributed by atoms with Crippen LogP contribution in [0.15, 0.2) is 67.3 Å². The van der Waals surface area contributed by atoms with Gasteiger partial charge >= 0.3 is 0 Å². The maximum Gasteiger partial charge on any atom is 0.159 e. The first-order valence-electron chi connectivity index (χ1n) is 8.08. The Balaban J connectivity index is 1.72. The molecular formula is C21H14FN4. The number of rotatable bonds is 3. The molecular weight excluding hydrogens is 327 g/mol. The number of benzene rings is 2. The third-order valence-corrected chi connectivity index (χ3v) is 3.96. The maximum atomic E-state index is 13.1. The van der Waals surface area contributed by atoms with Crippen molar-refractivity contribution in [3.8, 4) is 33.9 Å². The SMILES string of the molecule is Cc1cnc(-c2ccc(-c3cc[c]cc3-c3ncc(F)cn3)cc2)nc1. The highest BCUT2D eigenvalue weighted by Gasteiger charge is 2.10. The van der Waals surface area contributed by atoms with Gasteiger partial charge in [0.2, 0.25) is 0 Å². The summed E-state index contributed by atoms with van der Waals surface area (Å²) in [5.41, 5.74) is 4.71. The van der Waals surface area contributed by atoms with E-state index in [-0.39, 0.29) is 0 Å². The van der Waals surface area contributed by atoms with Crippen LogP contribution in [0.4, 0.5) is 4.39 Å². The molecule has 0 aliphatic carbocycles. The Morgan fingerprint density at radius 3 is 2.04 bits per heavy atom. The van der Waals surface area contributed by atoms with E-state index in [0.717, 1.165) is 40.2 Å². The van der Waals surface area contributed by atoms with Gasteiger partial charge in [0.05, 0.1) is 12.4 Å². The molecule has 0 aliphatic heterocycles. The molecule has 0 saturated carbocycles. The average molecular weight is 341 g/mol. The fourth-order valence-corrected chi connectivity index (χ4v) is 2.66. The molecule has 0 aliphatic rings. The summed E-state index contributed by atoms with van der Waals surface area (Å²) in [5, 5.41) is 0. The van der Waals surface area contributed by atoms with E-state index in [4.69, 9.17) is 0 Å². The van der Waals surface area contributed by atoms with Gasteiger partial charge in [-0.2, -0.15) is 0 Å². The molecule has 5 heteroatoms. The summed E-state index contributed by atoms with van der Waals surface area (Å²) in [5.74, 6) is 0.687. The van der Waals surface area contributed by atoms with Crippen LogP contribution in [0.2, 0.25) is 0 Å². The van der Waals surface area contributed by atoms with E-state index in [1.165, 1.54) is 0 Å². The van der Waals surface area contributed by atoms with Gasteiger partial charge in [-0.25, -0.2) is 24.3 Å². The van der Waals surface area contributed by atoms with Gasteiger partial charge in [0.25, 0.3) is 0 Å². The Hall–Kier alpha value is -3.47. The summed E-state index contributed by atoms with van der Waals surface area (Å²) in [6.07, 6.45) is 5.92. The second-order valence-electron chi connectivity index (χ2n) is 5.86. The molecule has 26 heavy (non-hydrogen) atoms. The first-order valence-corrected chi connectivity index (χ1v) is 8.08. The molecule has 0 amide bonds. The number of nitrogens with zero attached hydrogens (tertiary/aromatic N) is 4. The number of aromatic nitrogens is 4. The van der Waals surface area contributed by atoms with E-state index in [9.17, 15) is 4.39 Å². The van der Waals surface area contributed by atoms with Crippen LogP contribution in [-0.2, 0) is 0 Å². The van der Waals surface area contributed by atoms with Crippen LogP contribution in [-0.4, -0.2) is 19.9 Å². The van der Waals surface area contributed by atoms with Crippen molar-refractivity contribution in [3.05, 3.63) is 84.7 Å². The Bertz CT molecular complexity index is 1030. The van der Waals surface area contributed by atoms with Crippen LogP contribution >= 0.6 is 0 Å². The van der Waals surface area contributed by atoms with E-state index in [1.807, 2.05) is 43.3 Å². The van der Waals surface area contributed by atoms with E-state index in [0.29, 0.717) is 11.6 Å². The van der Waals surface area contributed by atoms with E-state index in [1.54, 1.807) is 18.5 Å². The van der Waals surface area contributed by atoms with Crippen molar-refractivity contribution in [2.45, 2.75) is 6.92 Å². The molecule has 4 nitrogen and oxygen atoms in total. The van der Waals surface area contributed by atoms with Gasteiger partial charge < -0.3 is 0 Å². The smallest absolute Gasteiger partial charge is 0.159 e. The van der Waals surface area contributed by atoms with Gasteiger partial charge in [0.15, 0.2) is 17.5 Å². The normalized spacial score (nSPS) is 10.7. The molecule has 0 atom stereocenters. The summed E-state index contributed by atoms with van der Waals surface area (Å²) >= 11 is 0. The quantitative estimate of drug-likeness (QED) is 0.550. The highest BCUT2D eigenvalue weighted by Crippen LogP contribution is 2.30. The summed E-state index contributed by atoms with van der Waals surface area (Å²) < 4.78 is 13.1. The van der Waals surface area contributed by atoms with Crippen molar-refractivity contribution >= 4 is 0 Å². The van der Waals surface area contributed by atoms with Gasteiger partial charge in [-0.3, -0.25) is 0 Å². The first-order chi connectivity index (χ1) is 12.7. The first kappa shape index (κ1) is 16.0. The van der Waals surface area contributed by atoms with Gasteiger partial charge in [0, 0.05) is 23.5 Å². The number of hydrogen-bond acceptors (Lipinski definition) is 4. The van der Waals surface area contributed by atoms with Gasteiger partial charge in [-0.1, -0.05) is 36.4 Å². The van der Waals surface area contributed by atoms with Crippen LogP contribution < -0.4 is 0 Å². The van der Waals surface area contributed by atoms with Crippen LogP contribution in [0.5, 0.6) is 0 Å². The lowest BCUT2D eigenvalue weighted by molar-refractivity contribution is 0.614. The van der Waals surface area contributed by atoms with Crippen molar-refractivity contribution < 1.29 is 4.39 Å². The van der Waals surface area contributed by atoms with Crippen molar-refractivity contribution in [1.82, 2.24) is 19.9 Å². The molecule has 0 fully saturated rings. The highest BCUT2D eigenvalue weighted by molar-refractivity contribution is 5.81. The number of halogens is 1. The van der Waals surface area contributed by atoms with Gasteiger partial charge in [-0.05, 0) is 35.7 Å². The molecule has 1 radical (unpaired) electrons. The van der Waals surface area contributed by atoms with Crippen molar-refractivity contribution in [3.63, 3.8) is 0 Å². The largest absolute Gasteiger partial charge is 0.236 e. The third kappa shape index (κ3) is 3.19. The second-order valence-corrected chi connectivity index (χ2v) is 5.86. The molecule has 0 saturated heterocycles. The van der Waals surface area contributed by atoms with Crippen LogP contribution in [0.1, 0.15) is 5.56 Å². The minimum Gasteiger partial charge on any atom is -0.236 e. The Kier molecular flexibility index (Phi) is 4.19. The lowest BCUT2D eigenvalue weighted by Gasteiger charge is -2.09. The summed E-state index contributed by atoms with van der Waals surface area (Å²) in [4.78, 5) is 16.9. The topological polar surface area (TPSA) is 51.6 Å².